The first-order chi connectivity index (χ1) is 6.68. The Morgan fingerprint density at radius 3 is 2.93 bits per heavy atom. The van der Waals surface area contributed by atoms with Crippen molar-refractivity contribution in [3.8, 4) is 0 Å². The molecule has 0 saturated carbocycles. The van der Waals surface area contributed by atoms with E-state index in [4.69, 9.17) is 0 Å². The zero-order valence-corrected chi connectivity index (χ0v) is 9.68. The van der Waals surface area contributed by atoms with Gasteiger partial charge in [0.15, 0.2) is 0 Å². The summed E-state index contributed by atoms with van der Waals surface area (Å²) in [7, 11) is 0. The van der Waals surface area contributed by atoms with Gasteiger partial charge in [-0.15, -0.1) is 11.3 Å². The molecule has 2 heteroatoms. The number of aryl methyl sites for hydroxylation is 1. The molecule has 1 atom stereocenters. The maximum absolute atomic E-state index is 9.58. The summed E-state index contributed by atoms with van der Waals surface area (Å²) in [5.74, 6) is 0. The van der Waals surface area contributed by atoms with E-state index in [1.54, 1.807) is 11.3 Å². The van der Waals surface area contributed by atoms with E-state index in [9.17, 15) is 5.11 Å². The highest BCUT2D eigenvalue weighted by molar-refractivity contribution is 7.09. The van der Waals surface area contributed by atoms with Gasteiger partial charge >= 0.3 is 0 Å². The lowest BCUT2D eigenvalue weighted by atomic mass is 10.1. The van der Waals surface area contributed by atoms with Gasteiger partial charge in [-0.05, 0) is 44.6 Å². The highest BCUT2D eigenvalue weighted by atomic mass is 32.1. The molecule has 0 saturated heterocycles. The number of allylic oxidation sites excluding steroid dienone is 1. The molecule has 0 aliphatic carbocycles. The SMILES string of the molecule is CC(C)=CC(O)CCCc1cccs1. The average Bonchev–Trinajstić information content (AvgIpc) is 2.55. The molecule has 1 nitrogen and oxygen atoms in total. The summed E-state index contributed by atoms with van der Waals surface area (Å²) >= 11 is 1.79. The number of aliphatic hydroxyl groups is 1. The quantitative estimate of drug-likeness (QED) is 0.738. The van der Waals surface area contributed by atoms with Gasteiger partial charge in [-0.25, -0.2) is 0 Å². The van der Waals surface area contributed by atoms with Crippen LogP contribution < -0.4 is 0 Å². The molecule has 78 valence electrons. The lowest BCUT2D eigenvalue weighted by Crippen LogP contribution is -2.02. The second-order valence-electron chi connectivity index (χ2n) is 3.78. The monoisotopic (exact) mass is 210 g/mol. The predicted molar refractivity (Wildman–Crippen MR) is 62.7 cm³/mol. The zero-order chi connectivity index (χ0) is 10.4. The third kappa shape index (κ3) is 4.58. The molecule has 14 heavy (non-hydrogen) atoms. The summed E-state index contributed by atoms with van der Waals surface area (Å²) in [6.07, 6.45) is 4.67. The molecule has 0 fully saturated rings. The minimum absolute atomic E-state index is 0.264. The molecule has 0 aromatic carbocycles. The molecule has 1 aromatic heterocycles. The largest absolute Gasteiger partial charge is 0.389 e. The molecule has 0 amide bonds. The molecule has 1 heterocycles. The van der Waals surface area contributed by atoms with Crippen LogP contribution in [0.25, 0.3) is 0 Å². The van der Waals surface area contributed by atoms with Crippen molar-refractivity contribution in [2.45, 2.75) is 39.2 Å². The molecular formula is C12H18OS. The third-order valence-corrected chi connectivity index (χ3v) is 2.97. The van der Waals surface area contributed by atoms with E-state index in [1.807, 2.05) is 19.9 Å². The molecule has 1 rings (SSSR count). The molecule has 1 aromatic rings. The van der Waals surface area contributed by atoms with Gasteiger partial charge in [0, 0.05) is 4.88 Å². The first-order valence-electron chi connectivity index (χ1n) is 5.04. The van der Waals surface area contributed by atoms with E-state index >= 15 is 0 Å². The van der Waals surface area contributed by atoms with Crippen LogP contribution in [0.2, 0.25) is 0 Å². The van der Waals surface area contributed by atoms with Crippen LogP contribution in [0, 0.1) is 0 Å². The Kier molecular flexibility index (Phi) is 4.91. The first kappa shape index (κ1) is 11.5. The topological polar surface area (TPSA) is 20.2 Å². The summed E-state index contributed by atoms with van der Waals surface area (Å²) in [5.41, 5.74) is 1.19. The van der Waals surface area contributed by atoms with E-state index < -0.39 is 0 Å². The summed E-state index contributed by atoms with van der Waals surface area (Å²) in [5, 5.41) is 11.7. The Morgan fingerprint density at radius 1 is 1.57 bits per heavy atom. The lowest BCUT2D eigenvalue weighted by molar-refractivity contribution is 0.209. The third-order valence-electron chi connectivity index (χ3n) is 2.03. The molecule has 0 radical (unpaired) electrons. The predicted octanol–water partition coefficient (Wildman–Crippen LogP) is 3.40. The normalized spacial score (nSPS) is 12.5. The highest BCUT2D eigenvalue weighted by Crippen LogP contribution is 2.13. The first-order valence-corrected chi connectivity index (χ1v) is 5.92. The minimum atomic E-state index is -0.264. The Hall–Kier alpha value is -0.600. The molecule has 0 aliphatic rings. The molecule has 1 unspecified atom stereocenters. The fourth-order valence-corrected chi connectivity index (χ4v) is 2.16. The van der Waals surface area contributed by atoms with Crippen LogP contribution in [0.3, 0.4) is 0 Å². The lowest BCUT2D eigenvalue weighted by Gasteiger charge is -2.05. The summed E-state index contributed by atoms with van der Waals surface area (Å²) in [4.78, 5) is 1.41. The van der Waals surface area contributed by atoms with Gasteiger partial charge in [-0.2, -0.15) is 0 Å². The van der Waals surface area contributed by atoms with Crippen molar-refractivity contribution < 1.29 is 5.11 Å². The van der Waals surface area contributed by atoms with E-state index in [-0.39, 0.29) is 6.10 Å². The average molecular weight is 210 g/mol. The van der Waals surface area contributed by atoms with Gasteiger partial charge in [0.25, 0.3) is 0 Å². The summed E-state index contributed by atoms with van der Waals surface area (Å²) in [6.45, 7) is 4.03. The van der Waals surface area contributed by atoms with Gasteiger partial charge in [0.2, 0.25) is 0 Å². The van der Waals surface area contributed by atoms with E-state index in [2.05, 4.69) is 17.5 Å². The van der Waals surface area contributed by atoms with Crippen LogP contribution in [-0.2, 0) is 6.42 Å². The second kappa shape index (κ2) is 5.99. The fraction of sp³-hybridized carbons (Fsp3) is 0.500. The van der Waals surface area contributed by atoms with Crippen LogP contribution in [0.5, 0.6) is 0 Å². The molecule has 0 spiro atoms. The second-order valence-corrected chi connectivity index (χ2v) is 4.82. The number of hydrogen-bond acceptors (Lipinski definition) is 2. The minimum Gasteiger partial charge on any atom is -0.389 e. The van der Waals surface area contributed by atoms with Crippen molar-refractivity contribution in [1.29, 1.82) is 0 Å². The van der Waals surface area contributed by atoms with Crippen molar-refractivity contribution in [2.24, 2.45) is 0 Å². The Labute approximate surface area is 90.1 Å². The van der Waals surface area contributed by atoms with Crippen molar-refractivity contribution >= 4 is 11.3 Å². The van der Waals surface area contributed by atoms with Gasteiger partial charge in [0.1, 0.15) is 0 Å². The zero-order valence-electron chi connectivity index (χ0n) is 8.86. The van der Waals surface area contributed by atoms with E-state index in [0.717, 1.165) is 19.3 Å². The van der Waals surface area contributed by atoms with Crippen molar-refractivity contribution in [1.82, 2.24) is 0 Å². The van der Waals surface area contributed by atoms with Crippen LogP contribution in [0.1, 0.15) is 31.6 Å². The van der Waals surface area contributed by atoms with Crippen LogP contribution in [0.4, 0.5) is 0 Å². The van der Waals surface area contributed by atoms with Crippen molar-refractivity contribution in [2.75, 3.05) is 0 Å². The Morgan fingerprint density at radius 2 is 2.36 bits per heavy atom. The number of aliphatic hydroxyl groups excluding tert-OH is 1. The van der Waals surface area contributed by atoms with Gasteiger partial charge < -0.3 is 5.11 Å². The maximum atomic E-state index is 9.58. The molecule has 0 aliphatic heterocycles. The maximum Gasteiger partial charge on any atom is 0.0723 e. The van der Waals surface area contributed by atoms with Crippen LogP contribution in [0.15, 0.2) is 29.2 Å². The number of hydrogen-bond donors (Lipinski definition) is 1. The number of thiophene rings is 1. The fourth-order valence-electron chi connectivity index (χ4n) is 1.41. The van der Waals surface area contributed by atoms with Gasteiger partial charge in [-0.1, -0.05) is 17.7 Å². The summed E-state index contributed by atoms with van der Waals surface area (Å²) in [6, 6.07) is 4.23. The Bertz CT molecular complexity index is 271. The van der Waals surface area contributed by atoms with Crippen LogP contribution in [-0.4, -0.2) is 11.2 Å². The summed E-state index contributed by atoms with van der Waals surface area (Å²) < 4.78 is 0. The molecule has 1 N–H and O–H groups in total. The van der Waals surface area contributed by atoms with E-state index in [0.29, 0.717) is 0 Å². The van der Waals surface area contributed by atoms with Crippen molar-refractivity contribution in [3.05, 3.63) is 34.0 Å². The van der Waals surface area contributed by atoms with Crippen LogP contribution >= 0.6 is 11.3 Å². The smallest absolute Gasteiger partial charge is 0.0723 e. The standard InChI is InChI=1S/C12H18OS/c1-10(2)9-11(13)5-3-6-12-7-4-8-14-12/h4,7-9,11,13H,3,5-6H2,1-2H3. The number of rotatable bonds is 5. The van der Waals surface area contributed by atoms with Crippen molar-refractivity contribution in [3.63, 3.8) is 0 Å². The molecular weight excluding hydrogens is 192 g/mol. The highest BCUT2D eigenvalue weighted by Gasteiger charge is 2.00. The molecule has 0 bridgehead atoms. The van der Waals surface area contributed by atoms with Gasteiger partial charge in [-0.3, -0.25) is 0 Å². The van der Waals surface area contributed by atoms with Gasteiger partial charge in [0.05, 0.1) is 6.10 Å². The Balaban J connectivity index is 2.18. The van der Waals surface area contributed by atoms with E-state index in [1.165, 1.54) is 10.5 Å².